The number of carboxylic acids is 1. The molecule has 5 rings (SSSR count). The molecule has 0 bridgehead atoms. The highest BCUT2D eigenvalue weighted by molar-refractivity contribution is 7.15. The highest BCUT2D eigenvalue weighted by atomic mass is 32.1. The van der Waals surface area contributed by atoms with Gasteiger partial charge in [-0.3, -0.25) is 4.79 Å². The van der Waals surface area contributed by atoms with Gasteiger partial charge in [0.05, 0.1) is 18.0 Å². The third-order valence-electron chi connectivity index (χ3n) is 6.40. The van der Waals surface area contributed by atoms with Gasteiger partial charge in [-0.2, -0.15) is 0 Å². The van der Waals surface area contributed by atoms with Gasteiger partial charge in [-0.1, -0.05) is 13.8 Å². The summed E-state index contributed by atoms with van der Waals surface area (Å²) in [5.74, 6) is -0.614. The van der Waals surface area contributed by atoms with Gasteiger partial charge in [0.2, 0.25) is 5.43 Å². The van der Waals surface area contributed by atoms with Gasteiger partial charge in [0, 0.05) is 39.5 Å². The number of aromatic nitrogens is 1. The lowest BCUT2D eigenvalue weighted by Gasteiger charge is -2.30. The Labute approximate surface area is 183 Å². The SMILES string of the molecule is COc1c(-c2cc3c(s2)CC(C)(C)CC3[OH2+])ccc2c(=O)c(C(=O)O)cn(C3CC3)c12. The van der Waals surface area contributed by atoms with Crippen LogP contribution in [0.2, 0.25) is 0 Å². The van der Waals surface area contributed by atoms with E-state index in [9.17, 15) is 14.7 Å². The summed E-state index contributed by atoms with van der Waals surface area (Å²) in [6.45, 7) is 4.42. The van der Waals surface area contributed by atoms with Crippen molar-refractivity contribution in [3.05, 3.63) is 50.6 Å². The summed E-state index contributed by atoms with van der Waals surface area (Å²) in [7, 11) is 1.59. The van der Waals surface area contributed by atoms with Gasteiger partial charge in [0.25, 0.3) is 0 Å². The molecular formula is C24H26NO5S+. The van der Waals surface area contributed by atoms with Crippen LogP contribution in [0.15, 0.2) is 29.2 Å². The monoisotopic (exact) mass is 440 g/mol. The summed E-state index contributed by atoms with van der Waals surface area (Å²) >= 11 is 1.69. The van der Waals surface area contributed by atoms with Crippen molar-refractivity contribution in [2.75, 3.05) is 7.11 Å². The van der Waals surface area contributed by atoms with Crippen LogP contribution in [0.25, 0.3) is 21.3 Å². The molecule has 3 aromatic rings. The predicted molar refractivity (Wildman–Crippen MR) is 122 cm³/mol. The molecule has 1 atom stereocenters. The Bertz CT molecular complexity index is 1280. The fraction of sp³-hybridized carbons (Fsp3) is 0.417. The molecule has 162 valence electrons. The van der Waals surface area contributed by atoms with E-state index in [1.807, 2.05) is 10.6 Å². The van der Waals surface area contributed by atoms with Crippen molar-refractivity contribution in [1.82, 2.24) is 4.57 Å². The van der Waals surface area contributed by atoms with Crippen molar-refractivity contribution in [2.24, 2.45) is 5.41 Å². The lowest BCUT2D eigenvalue weighted by Crippen LogP contribution is -2.23. The zero-order chi connectivity index (χ0) is 22.1. The van der Waals surface area contributed by atoms with Gasteiger partial charge in [0.1, 0.15) is 5.56 Å². The molecular weight excluding hydrogens is 414 g/mol. The molecule has 31 heavy (non-hydrogen) atoms. The molecule has 7 heteroatoms. The Hall–Kier alpha value is -2.64. The van der Waals surface area contributed by atoms with Crippen LogP contribution in [0.1, 0.15) is 66.1 Å². The van der Waals surface area contributed by atoms with Crippen LogP contribution in [0.5, 0.6) is 5.75 Å². The molecule has 2 aromatic heterocycles. The molecule has 2 aliphatic carbocycles. The van der Waals surface area contributed by atoms with E-state index in [-0.39, 0.29) is 23.1 Å². The third-order valence-corrected chi connectivity index (χ3v) is 7.58. The van der Waals surface area contributed by atoms with Crippen LogP contribution >= 0.6 is 11.3 Å². The maximum atomic E-state index is 12.9. The number of methoxy groups -OCH3 is 1. The van der Waals surface area contributed by atoms with E-state index in [1.54, 1.807) is 24.5 Å². The zero-order valence-electron chi connectivity index (χ0n) is 17.8. The first-order chi connectivity index (χ1) is 14.7. The number of pyridine rings is 1. The van der Waals surface area contributed by atoms with Gasteiger partial charge in [-0.05, 0) is 42.9 Å². The second-order valence-electron chi connectivity index (χ2n) is 9.44. The second-order valence-corrected chi connectivity index (χ2v) is 10.6. The summed E-state index contributed by atoms with van der Waals surface area (Å²) in [5.41, 5.74) is 2.04. The minimum Gasteiger partial charge on any atom is -0.494 e. The molecule has 0 saturated heterocycles. The molecule has 0 amide bonds. The average Bonchev–Trinajstić information content (AvgIpc) is 3.45. The molecule has 6 nitrogen and oxygen atoms in total. The van der Waals surface area contributed by atoms with E-state index in [0.29, 0.717) is 16.7 Å². The van der Waals surface area contributed by atoms with Crippen molar-refractivity contribution >= 4 is 28.2 Å². The van der Waals surface area contributed by atoms with Crippen LogP contribution in [0.4, 0.5) is 0 Å². The van der Waals surface area contributed by atoms with Crippen LogP contribution in [-0.4, -0.2) is 27.9 Å². The fourth-order valence-corrected chi connectivity index (χ4v) is 6.29. The minimum atomic E-state index is -1.21. The normalized spacial score (nSPS) is 19.9. The number of rotatable bonds is 4. The molecule has 0 radical (unpaired) electrons. The van der Waals surface area contributed by atoms with Gasteiger partial charge >= 0.3 is 5.97 Å². The number of ether oxygens (including phenoxy) is 1. The number of hydrogen-bond donors (Lipinski definition) is 1. The number of thiophene rings is 1. The Morgan fingerprint density at radius 3 is 2.71 bits per heavy atom. The van der Waals surface area contributed by atoms with Crippen molar-refractivity contribution in [2.45, 2.75) is 51.7 Å². The number of benzene rings is 1. The molecule has 3 N–H and O–H groups in total. The van der Waals surface area contributed by atoms with Crippen LogP contribution < -0.4 is 10.2 Å². The Balaban J connectivity index is 1.75. The number of carboxylic acid groups (broad SMARTS) is 1. The summed E-state index contributed by atoms with van der Waals surface area (Å²) in [6, 6.07) is 5.86. The molecule has 1 saturated carbocycles. The zero-order valence-corrected chi connectivity index (χ0v) is 18.6. The van der Waals surface area contributed by atoms with Crippen LogP contribution in [0.3, 0.4) is 0 Å². The summed E-state index contributed by atoms with van der Waals surface area (Å²) in [4.78, 5) is 26.8. The molecule has 0 aliphatic heterocycles. The number of aromatic carboxylic acids is 1. The van der Waals surface area contributed by atoms with Crippen LogP contribution in [0, 0.1) is 5.41 Å². The topological polar surface area (TPSA) is 91.4 Å². The van der Waals surface area contributed by atoms with Crippen molar-refractivity contribution in [3.8, 4) is 16.2 Å². The van der Waals surface area contributed by atoms with E-state index in [4.69, 9.17) is 9.84 Å². The quantitative estimate of drug-likeness (QED) is 0.604. The van der Waals surface area contributed by atoms with E-state index in [1.165, 1.54) is 11.1 Å². The number of nitrogens with zero attached hydrogens (tertiary/aromatic N) is 1. The number of carbonyl (C=O) groups is 1. The standard InChI is InChI=1S/C24H25NO5S/c1-24(2)9-17(26)15-8-18(31-19(15)10-24)13-6-7-14-20(22(13)30-3)25(12-4-5-12)11-16(21(14)27)23(28)29/h6-8,11-12,17,26H,4-5,9-10H2,1-3H3,(H,28,29)/p+1. The van der Waals surface area contributed by atoms with Gasteiger partial charge in [0.15, 0.2) is 11.9 Å². The lowest BCUT2D eigenvalue weighted by atomic mass is 9.76. The molecule has 0 spiro atoms. The summed E-state index contributed by atoms with van der Waals surface area (Å²) in [5, 5.41) is 18.5. The smallest absolute Gasteiger partial charge is 0.341 e. The van der Waals surface area contributed by atoms with Gasteiger partial charge < -0.3 is 19.5 Å². The maximum Gasteiger partial charge on any atom is 0.341 e. The number of hydrogen-bond acceptors (Lipinski definition) is 4. The van der Waals surface area contributed by atoms with E-state index in [2.05, 4.69) is 19.9 Å². The first-order valence-corrected chi connectivity index (χ1v) is 11.3. The maximum absolute atomic E-state index is 12.9. The first-order valence-electron chi connectivity index (χ1n) is 10.5. The van der Waals surface area contributed by atoms with Crippen molar-refractivity contribution in [1.29, 1.82) is 0 Å². The second kappa shape index (κ2) is 6.93. The predicted octanol–water partition coefficient (Wildman–Crippen LogP) is 4.51. The highest BCUT2D eigenvalue weighted by Crippen LogP contribution is 2.49. The number of fused-ring (bicyclic) bond motifs is 2. The van der Waals surface area contributed by atoms with Crippen LogP contribution in [-0.2, 0) is 6.42 Å². The van der Waals surface area contributed by atoms with Gasteiger partial charge in [-0.15, -0.1) is 11.3 Å². The minimum absolute atomic E-state index is 0.106. The van der Waals surface area contributed by atoms with E-state index < -0.39 is 11.4 Å². The largest absolute Gasteiger partial charge is 0.494 e. The molecule has 2 aliphatic rings. The molecule has 1 unspecified atom stereocenters. The van der Waals surface area contributed by atoms with E-state index in [0.717, 1.165) is 41.7 Å². The first kappa shape index (κ1) is 20.3. The van der Waals surface area contributed by atoms with Crippen molar-refractivity contribution in [3.63, 3.8) is 0 Å². The third kappa shape index (κ3) is 3.27. The Morgan fingerprint density at radius 2 is 2.06 bits per heavy atom. The van der Waals surface area contributed by atoms with E-state index >= 15 is 0 Å². The molecule has 1 aromatic carbocycles. The summed E-state index contributed by atoms with van der Waals surface area (Å²) < 4.78 is 7.75. The lowest BCUT2D eigenvalue weighted by molar-refractivity contribution is 0.0694. The fourth-order valence-electron chi connectivity index (χ4n) is 4.79. The molecule has 1 fully saturated rings. The van der Waals surface area contributed by atoms with Gasteiger partial charge in [-0.25, -0.2) is 4.79 Å². The Morgan fingerprint density at radius 1 is 1.32 bits per heavy atom. The summed E-state index contributed by atoms with van der Waals surface area (Å²) in [6.07, 6.45) is 4.93. The average molecular weight is 441 g/mol. The van der Waals surface area contributed by atoms with Crippen molar-refractivity contribution < 1.29 is 19.7 Å². The Kier molecular flexibility index (Phi) is 4.53. The molecule has 2 heterocycles. The highest BCUT2D eigenvalue weighted by Gasteiger charge is 2.36.